The van der Waals surface area contributed by atoms with Gasteiger partial charge in [-0.3, -0.25) is 19.8 Å². The fourth-order valence-electron chi connectivity index (χ4n) is 5.55. The smallest absolute Gasteiger partial charge is 0.289 e. The Labute approximate surface area is 252 Å². The van der Waals surface area contributed by atoms with Crippen molar-refractivity contribution in [2.75, 3.05) is 4.90 Å². The maximum atomic E-state index is 13.6. The van der Waals surface area contributed by atoms with Crippen molar-refractivity contribution in [2.24, 2.45) is 5.73 Å². The molecule has 5 rings (SSSR count). The lowest BCUT2D eigenvalue weighted by Gasteiger charge is -2.40. The van der Waals surface area contributed by atoms with Crippen molar-refractivity contribution >= 4 is 52.1 Å². The maximum absolute atomic E-state index is 13.6. The molecule has 1 aliphatic heterocycles. The molecule has 0 spiro atoms. The van der Waals surface area contributed by atoms with Crippen molar-refractivity contribution in [1.29, 1.82) is 5.26 Å². The number of carbonyl (C=O) groups excluding carboxylic acids is 1. The van der Waals surface area contributed by atoms with Crippen LogP contribution in [0.1, 0.15) is 47.4 Å². The van der Waals surface area contributed by atoms with Gasteiger partial charge in [-0.25, -0.2) is 0 Å². The number of ketones is 1. The van der Waals surface area contributed by atoms with Gasteiger partial charge in [0, 0.05) is 39.4 Å². The van der Waals surface area contributed by atoms with Gasteiger partial charge in [0.2, 0.25) is 0 Å². The first kappa shape index (κ1) is 28.7. The molecule has 1 atom stereocenters. The molecule has 0 radical (unpaired) electrons. The van der Waals surface area contributed by atoms with Crippen LogP contribution in [0.3, 0.4) is 0 Å². The third-order valence-electron chi connectivity index (χ3n) is 7.54. The second-order valence-corrected chi connectivity index (χ2v) is 12.0. The number of nitro benzene ring substituents is 1. The van der Waals surface area contributed by atoms with E-state index < -0.39 is 10.8 Å². The van der Waals surface area contributed by atoms with Crippen molar-refractivity contribution in [3.63, 3.8) is 0 Å². The van der Waals surface area contributed by atoms with Gasteiger partial charge in [-0.2, -0.15) is 5.26 Å². The molecule has 0 amide bonds. The number of benzene rings is 3. The van der Waals surface area contributed by atoms with E-state index in [9.17, 15) is 20.2 Å². The van der Waals surface area contributed by atoms with Crippen molar-refractivity contribution in [3.8, 4) is 6.07 Å². The molecule has 10 heteroatoms. The molecule has 2 N–H and O–H groups in total. The fraction of sp³-hybridized carbons (Fsp3) is 0.226. The fourth-order valence-corrected chi connectivity index (χ4v) is 6.82. The van der Waals surface area contributed by atoms with E-state index in [4.69, 9.17) is 28.9 Å². The summed E-state index contributed by atoms with van der Waals surface area (Å²) in [5.74, 6) is 0.150. The largest absolute Gasteiger partial charge is 0.384 e. The molecule has 0 saturated heterocycles. The van der Waals surface area contributed by atoms with Gasteiger partial charge in [0.1, 0.15) is 10.8 Å². The van der Waals surface area contributed by atoms with Crippen molar-refractivity contribution in [1.82, 2.24) is 0 Å². The highest BCUT2D eigenvalue weighted by Gasteiger charge is 2.41. The van der Waals surface area contributed by atoms with E-state index in [1.54, 1.807) is 22.7 Å². The molecule has 0 saturated carbocycles. The molecule has 41 heavy (non-hydrogen) atoms. The van der Waals surface area contributed by atoms with E-state index in [-0.39, 0.29) is 27.9 Å². The normalized spacial score (nSPS) is 17.0. The first-order valence-electron chi connectivity index (χ1n) is 13.0. The molecule has 3 aromatic carbocycles. The Bertz CT molecular complexity index is 1690. The van der Waals surface area contributed by atoms with Crippen LogP contribution in [-0.2, 0) is 10.5 Å². The molecule has 2 aliphatic rings. The third kappa shape index (κ3) is 5.45. The summed E-state index contributed by atoms with van der Waals surface area (Å²) in [6, 6.07) is 18.5. The first-order valence-corrected chi connectivity index (χ1v) is 14.7. The summed E-state index contributed by atoms with van der Waals surface area (Å²) in [6.45, 7) is 4.03. The molecule has 1 heterocycles. The number of hydrogen-bond acceptors (Lipinski definition) is 7. The minimum Gasteiger partial charge on any atom is -0.384 e. The molecule has 0 bridgehead atoms. The number of nitrogens with two attached hydrogens (primary N) is 1. The minimum absolute atomic E-state index is 0.00935. The Balaban J connectivity index is 1.64. The minimum atomic E-state index is -0.638. The highest BCUT2D eigenvalue weighted by molar-refractivity contribution is 7.98. The average Bonchev–Trinajstić information content (AvgIpc) is 2.93. The van der Waals surface area contributed by atoms with Gasteiger partial charge in [0.25, 0.3) is 5.69 Å². The number of hydrogen-bond donors (Lipinski definition) is 1. The molecule has 0 fully saturated rings. The van der Waals surface area contributed by atoms with Crippen LogP contribution in [0.5, 0.6) is 0 Å². The molecule has 1 unspecified atom stereocenters. The standard InChI is InChI=1S/C31H26Cl2N4O3S/c1-17-12-18(2)23(13-19(17)16-41-22-9-6-20(32)7-10-22)29-24(15-34)31(35)36(26-4-3-5-28(38)30(26)29)21-8-11-25(33)27(14-21)37(39)40/h6-14,29H,3-5,16,35H2,1-2H3. The quantitative estimate of drug-likeness (QED) is 0.172. The molecule has 1 aliphatic carbocycles. The van der Waals surface area contributed by atoms with Crippen LogP contribution in [0.4, 0.5) is 11.4 Å². The van der Waals surface area contributed by atoms with Crippen molar-refractivity contribution in [2.45, 2.75) is 49.7 Å². The molecule has 208 valence electrons. The number of aryl methyl sites for hydroxylation is 2. The molecular formula is C31H26Cl2N4O3S. The van der Waals surface area contributed by atoms with Crippen LogP contribution in [0.15, 0.2) is 82.2 Å². The Kier molecular flexibility index (Phi) is 8.14. The van der Waals surface area contributed by atoms with E-state index >= 15 is 0 Å². The summed E-state index contributed by atoms with van der Waals surface area (Å²) >= 11 is 13.8. The second-order valence-electron chi connectivity index (χ2n) is 10.1. The summed E-state index contributed by atoms with van der Waals surface area (Å²) in [7, 11) is 0. The number of allylic oxidation sites excluding steroid dienone is 3. The summed E-state index contributed by atoms with van der Waals surface area (Å²) in [4.78, 5) is 27.3. The lowest BCUT2D eigenvalue weighted by molar-refractivity contribution is -0.384. The van der Waals surface area contributed by atoms with E-state index in [0.29, 0.717) is 47.0 Å². The molecule has 3 aromatic rings. The SMILES string of the molecule is Cc1cc(C)c(C2C(C#N)=C(N)N(c3ccc(Cl)c([N+](=O)[O-])c3)C3=C2C(=O)CCC3)cc1CSc1ccc(Cl)cc1. The van der Waals surface area contributed by atoms with Crippen LogP contribution >= 0.6 is 35.0 Å². The Morgan fingerprint density at radius 2 is 1.83 bits per heavy atom. The van der Waals surface area contributed by atoms with Crippen LogP contribution in [0.25, 0.3) is 0 Å². The molecule has 7 nitrogen and oxygen atoms in total. The first-order chi connectivity index (χ1) is 19.6. The van der Waals surface area contributed by atoms with Crippen molar-refractivity contribution in [3.05, 3.63) is 120 Å². The zero-order valence-corrected chi connectivity index (χ0v) is 24.7. The van der Waals surface area contributed by atoms with Gasteiger partial charge >= 0.3 is 0 Å². The number of nitrogens with zero attached hydrogens (tertiary/aromatic N) is 3. The average molecular weight is 606 g/mol. The van der Waals surface area contributed by atoms with Gasteiger partial charge in [0.15, 0.2) is 5.78 Å². The maximum Gasteiger partial charge on any atom is 0.289 e. The van der Waals surface area contributed by atoms with Gasteiger partial charge in [-0.1, -0.05) is 35.3 Å². The number of halogens is 2. The summed E-state index contributed by atoms with van der Waals surface area (Å²) in [6.07, 6.45) is 1.51. The number of nitriles is 1. The number of Topliss-reactive ketones (excluding diaryl/α,β-unsaturated/α-hetero) is 1. The topological polar surface area (TPSA) is 113 Å². The van der Waals surface area contributed by atoms with Gasteiger partial charge in [-0.05, 0) is 85.3 Å². The predicted molar refractivity (Wildman–Crippen MR) is 163 cm³/mol. The summed E-state index contributed by atoms with van der Waals surface area (Å²) in [5.41, 5.74) is 12.2. The monoisotopic (exact) mass is 604 g/mol. The summed E-state index contributed by atoms with van der Waals surface area (Å²) < 4.78 is 0. The number of anilines is 1. The van der Waals surface area contributed by atoms with Crippen LogP contribution in [0.2, 0.25) is 10.0 Å². The van der Waals surface area contributed by atoms with Gasteiger partial charge in [-0.15, -0.1) is 11.8 Å². The van der Waals surface area contributed by atoms with Gasteiger partial charge < -0.3 is 5.73 Å². The second kappa shape index (κ2) is 11.6. The van der Waals surface area contributed by atoms with Crippen LogP contribution in [0, 0.1) is 35.3 Å². The number of rotatable bonds is 6. The van der Waals surface area contributed by atoms with Crippen LogP contribution in [-0.4, -0.2) is 10.7 Å². The van der Waals surface area contributed by atoms with E-state index in [1.165, 1.54) is 12.1 Å². The van der Waals surface area contributed by atoms with E-state index in [2.05, 4.69) is 25.1 Å². The Morgan fingerprint density at radius 3 is 2.51 bits per heavy atom. The summed E-state index contributed by atoms with van der Waals surface area (Å²) in [5, 5.41) is 22.7. The van der Waals surface area contributed by atoms with Crippen LogP contribution < -0.4 is 10.6 Å². The third-order valence-corrected chi connectivity index (χ3v) is 9.17. The zero-order chi connectivity index (χ0) is 29.4. The highest BCUT2D eigenvalue weighted by Crippen LogP contribution is 2.48. The predicted octanol–water partition coefficient (Wildman–Crippen LogP) is 8.12. The Morgan fingerprint density at radius 1 is 1.10 bits per heavy atom. The molecule has 0 aromatic heterocycles. The highest BCUT2D eigenvalue weighted by atomic mass is 35.5. The lowest BCUT2D eigenvalue weighted by atomic mass is 9.74. The zero-order valence-electron chi connectivity index (χ0n) is 22.4. The Hall–Kier alpha value is -3.77. The van der Waals surface area contributed by atoms with Gasteiger partial charge in [0.05, 0.1) is 28.2 Å². The number of nitro groups is 1. The van der Waals surface area contributed by atoms with Crippen molar-refractivity contribution < 1.29 is 9.72 Å². The number of thioether (sulfide) groups is 1. The number of carbonyl (C=O) groups is 1. The van der Waals surface area contributed by atoms with E-state index in [0.717, 1.165) is 27.1 Å². The lowest BCUT2D eigenvalue weighted by Crippen LogP contribution is -2.39. The molecular weight excluding hydrogens is 579 g/mol. The van der Waals surface area contributed by atoms with E-state index in [1.807, 2.05) is 31.2 Å².